The van der Waals surface area contributed by atoms with Gasteiger partial charge in [-0.1, -0.05) is 41.6 Å². The number of carbonyl (C=O) groups excluding carboxylic acids is 1. The second-order valence-corrected chi connectivity index (χ2v) is 7.43. The highest BCUT2D eigenvalue weighted by molar-refractivity contribution is 5.76. The molecule has 0 unspecified atom stereocenters. The number of ether oxygens (including phenoxy) is 2. The molecule has 174 valence electrons. The average Bonchev–Trinajstić information content (AvgIpc) is 3.31. The Morgan fingerprint density at radius 3 is 2.68 bits per heavy atom. The third-order valence-electron chi connectivity index (χ3n) is 4.88. The number of nitrogens with two attached hydrogens (primary N) is 1. The quantitative estimate of drug-likeness (QED) is 0.340. The summed E-state index contributed by atoms with van der Waals surface area (Å²) in [4.78, 5) is 20.1. The third-order valence-corrected chi connectivity index (χ3v) is 4.88. The van der Waals surface area contributed by atoms with Crippen LogP contribution in [0.15, 0.2) is 71.4 Å². The van der Waals surface area contributed by atoms with Crippen LogP contribution in [-0.4, -0.2) is 34.2 Å². The minimum absolute atomic E-state index is 0.0101. The van der Waals surface area contributed by atoms with Gasteiger partial charge >= 0.3 is 5.97 Å². The van der Waals surface area contributed by atoms with E-state index >= 15 is 0 Å². The topological polar surface area (TPSA) is 125 Å². The van der Waals surface area contributed by atoms with Gasteiger partial charge in [-0.05, 0) is 30.2 Å². The molecule has 0 saturated carbocycles. The van der Waals surface area contributed by atoms with E-state index in [2.05, 4.69) is 20.4 Å². The molecule has 9 nitrogen and oxygen atoms in total. The van der Waals surface area contributed by atoms with Crippen molar-refractivity contribution < 1.29 is 18.8 Å². The van der Waals surface area contributed by atoms with Gasteiger partial charge in [-0.2, -0.15) is 0 Å². The zero-order valence-corrected chi connectivity index (χ0v) is 18.7. The van der Waals surface area contributed by atoms with Crippen molar-refractivity contribution in [3.8, 4) is 17.2 Å². The molecule has 4 aromatic rings. The second kappa shape index (κ2) is 11.0. The largest absolute Gasteiger partial charge is 0.473 e. The molecule has 0 aliphatic heterocycles. The Morgan fingerprint density at radius 1 is 1.09 bits per heavy atom. The monoisotopic (exact) mass is 459 g/mol. The van der Waals surface area contributed by atoms with Crippen LogP contribution in [0.4, 0.5) is 11.6 Å². The van der Waals surface area contributed by atoms with Gasteiger partial charge in [-0.3, -0.25) is 4.79 Å². The van der Waals surface area contributed by atoms with E-state index in [1.54, 1.807) is 25.3 Å². The van der Waals surface area contributed by atoms with Gasteiger partial charge in [-0.15, -0.1) is 0 Å². The predicted molar refractivity (Wildman–Crippen MR) is 127 cm³/mol. The molecule has 34 heavy (non-hydrogen) atoms. The molecule has 0 amide bonds. The van der Waals surface area contributed by atoms with Crippen molar-refractivity contribution in [3.63, 3.8) is 0 Å². The molecule has 0 radical (unpaired) electrons. The van der Waals surface area contributed by atoms with Gasteiger partial charge in [0.05, 0.1) is 17.9 Å². The highest BCUT2D eigenvalue weighted by Gasteiger charge is 2.13. The Hall–Kier alpha value is -4.40. The maximum atomic E-state index is 11.5. The maximum absolute atomic E-state index is 11.5. The standard InChI is InChI=1S/C25H25N5O4/c1-2-32-24(31)15-27-22-10-9-20(25(26)29-22)21-13-19(30-34-21)12-18-8-11-23(28-14-18)33-16-17-6-4-3-5-7-17/h3-11,13-14H,2,12,15-16H2,1H3,(H3,26,27,29). The number of carbonyl (C=O) groups is 1. The maximum Gasteiger partial charge on any atom is 0.325 e. The molecule has 4 rings (SSSR count). The Labute approximate surface area is 196 Å². The number of rotatable bonds is 10. The molecule has 3 aromatic heterocycles. The molecule has 0 fully saturated rings. The van der Waals surface area contributed by atoms with E-state index in [-0.39, 0.29) is 18.3 Å². The minimum Gasteiger partial charge on any atom is -0.473 e. The molecule has 0 bridgehead atoms. The van der Waals surface area contributed by atoms with Crippen LogP contribution in [0, 0.1) is 0 Å². The number of hydrogen-bond donors (Lipinski definition) is 2. The van der Waals surface area contributed by atoms with Crippen LogP contribution in [0.1, 0.15) is 23.7 Å². The number of aromatic nitrogens is 3. The zero-order chi connectivity index (χ0) is 23.8. The molecule has 3 heterocycles. The number of hydrogen-bond acceptors (Lipinski definition) is 9. The summed E-state index contributed by atoms with van der Waals surface area (Å²) >= 11 is 0. The molecule has 0 atom stereocenters. The molecule has 3 N–H and O–H groups in total. The fourth-order valence-corrected chi connectivity index (χ4v) is 3.22. The van der Waals surface area contributed by atoms with Gasteiger partial charge in [-0.25, -0.2) is 9.97 Å². The Balaban J connectivity index is 1.34. The normalized spacial score (nSPS) is 10.6. The molecule has 0 aliphatic carbocycles. The Bertz CT molecular complexity index is 1230. The molecule has 0 aliphatic rings. The van der Waals surface area contributed by atoms with Crippen LogP contribution in [0.3, 0.4) is 0 Å². The van der Waals surface area contributed by atoms with E-state index < -0.39 is 0 Å². The Kier molecular flexibility index (Phi) is 7.34. The number of pyridine rings is 2. The summed E-state index contributed by atoms with van der Waals surface area (Å²) in [5, 5.41) is 7.02. The van der Waals surface area contributed by atoms with Crippen molar-refractivity contribution in [2.24, 2.45) is 0 Å². The van der Waals surface area contributed by atoms with Gasteiger partial charge in [0, 0.05) is 24.8 Å². The van der Waals surface area contributed by atoms with Gasteiger partial charge in [0.1, 0.15) is 24.8 Å². The van der Waals surface area contributed by atoms with Crippen molar-refractivity contribution >= 4 is 17.6 Å². The summed E-state index contributed by atoms with van der Waals surface area (Å²) in [7, 11) is 0. The van der Waals surface area contributed by atoms with E-state index in [9.17, 15) is 4.79 Å². The number of nitrogens with zero attached hydrogens (tertiary/aromatic N) is 3. The SMILES string of the molecule is CCOC(=O)CNc1ccc(-c2cc(Cc3ccc(OCc4ccccc4)nc3)no2)c(N)n1. The number of esters is 1. The molecule has 0 spiro atoms. The smallest absolute Gasteiger partial charge is 0.325 e. The van der Waals surface area contributed by atoms with Crippen LogP contribution >= 0.6 is 0 Å². The van der Waals surface area contributed by atoms with E-state index in [1.165, 1.54) is 0 Å². The first-order valence-corrected chi connectivity index (χ1v) is 10.8. The first-order chi connectivity index (χ1) is 16.6. The van der Waals surface area contributed by atoms with Gasteiger partial charge in [0.2, 0.25) is 5.88 Å². The van der Waals surface area contributed by atoms with E-state index in [0.717, 1.165) is 16.8 Å². The fourth-order valence-electron chi connectivity index (χ4n) is 3.22. The lowest BCUT2D eigenvalue weighted by Crippen LogP contribution is -2.17. The average molecular weight is 460 g/mol. The minimum atomic E-state index is -0.364. The second-order valence-electron chi connectivity index (χ2n) is 7.43. The van der Waals surface area contributed by atoms with Gasteiger partial charge in [0.25, 0.3) is 0 Å². The van der Waals surface area contributed by atoms with Gasteiger partial charge < -0.3 is 25.0 Å². The predicted octanol–water partition coefficient (Wildman–Crippen LogP) is 3.86. The highest BCUT2D eigenvalue weighted by atomic mass is 16.5. The molecular weight excluding hydrogens is 434 g/mol. The number of nitrogen functional groups attached to an aromatic ring is 1. The van der Waals surface area contributed by atoms with E-state index in [4.69, 9.17) is 19.7 Å². The summed E-state index contributed by atoms with van der Waals surface area (Å²) < 4.78 is 16.1. The summed E-state index contributed by atoms with van der Waals surface area (Å²) in [5.74, 6) is 1.43. The van der Waals surface area contributed by atoms with E-state index in [1.807, 2.05) is 48.5 Å². The number of benzene rings is 1. The van der Waals surface area contributed by atoms with Crippen LogP contribution < -0.4 is 15.8 Å². The van der Waals surface area contributed by atoms with Crippen molar-refractivity contribution in [1.29, 1.82) is 0 Å². The zero-order valence-electron chi connectivity index (χ0n) is 18.7. The summed E-state index contributed by atoms with van der Waals surface area (Å²) in [6.45, 7) is 2.55. The van der Waals surface area contributed by atoms with E-state index in [0.29, 0.717) is 42.7 Å². The molecule has 9 heteroatoms. The lowest BCUT2D eigenvalue weighted by molar-refractivity contribution is -0.140. The summed E-state index contributed by atoms with van der Waals surface area (Å²) in [6.07, 6.45) is 2.30. The van der Waals surface area contributed by atoms with Crippen LogP contribution in [0.5, 0.6) is 5.88 Å². The molecule has 0 saturated heterocycles. The number of anilines is 2. The molecular formula is C25H25N5O4. The first-order valence-electron chi connectivity index (χ1n) is 10.8. The van der Waals surface area contributed by atoms with Gasteiger partial charge in [0.15, 0.2) is 5.76 Å². The first kappa shape index (κ1) is 22.8. The fraction of sp³-hybridized carbons (Fsp3) is 0.200. The lowest BCUT2D eigenvalue weighted by atomic mass is 10.1. The number of nitrogens with one attached hydrogen (secondary N) is 1. The van der Waals surface area contributed by atoms with Crippen LogP contribution in [0.25, 0.3) is 11.3 Å². The summed E-state index contributed by atoms with van der Waals surface area (Å²) in [6, 6.07) is 19.0. The third kappa shape index (κ3) is 6.10. The van der Waals surface area contributed by atoms with Crippen molar-refractivity contribution in [2.45, 2.75) is 20.0 Å². The van der Waals surface area contributed by atoms with Crippen molar-refractivity contribution in [1.82, 2.24) is 15.1 Å². The van der Waals surface area contributed by atoms with Crippen molar-refractivity contribution in [2.75, 3.05) is 24.2 Å². The Morgan fingerprint density at radius 2 is 1.94 bits per heavy atom. The summed E-state index contributed by atoms with van der Waals surface area (Å²) in [5.41, 5.74) is 9.49. The molecule has 1 aromatic carbocycles. The highest BCUT2D eigenvalue weighted by Crippen LogP contribution is 2.27. The van der Waals surface area contributed by atoms with Crippen molar-refractivity contribution in [3.05, 3.63) is 83.7 Å². The van der Waals surface area contributed by atoms with Crippen LogP contribution in [-0.2, 0) is 22.6 Å². The van der Waals surface area contributed by atoms with Crippen LogP contribution in [0.2, 0.25) is 0 Å². The lowest BCUT2D eigenvalue weighted by Gasteiger charge is -2.07.